The van der Waals surface area contributed by atoms with Gasteiger partial charge in [-0.3, -0.25) is 13.9 Å². The number of anilines is 1. The summed E-state index contributed by atoms with van der Waals surface area (Å²) in [5, 5.41) is 12.3. The van der Waals surface area contributed by atoms with Gasteiger partial charge >= 0.3 is 5.69 Å². The number of hydrogen-bond donors (Lipinski definition) is 2. The van der Waals surface area contributed by atoms with E-state index in [0.717, 1.165) is 36.1 Å². The standard InChI is InChI=1S/C22H34N4O5S/c1-4-32(30,31)19-10-8-18(9-11-19)7-5-13-26(14-6-16-27)15-12-23-20-17-21(28)25(3)22(29)24(20)2/h8-11,17,23,27H,4-7,12-16H2,1-3H3. The Labute approximate surface area is 189 Å². The Morgan fingerprint density at radius 1 is 1.00 bits per heavy atom. The molecule has 0 unspecified atom stereocenters. The first-order valence-corrected chi connectivity index (χ1v) is 12.5. The molecular weight excluding hydrogens is 432 g/mol. The predicted octanol–water partition coefficient (Wildman–Crippen LogP) is 0.607. The molecule has 0 bridgehead atoms. The van der Waals surface area contributed by atoms with Crippen molar-refractivity contribution in [2.45, 2.75) is 31.1 Å². The molecule has 1 heterocycles. The number of aryl methyl sites for hydroxylation is 1. The van der Waals surface area contributed by atoms with Crippen molar-refractivity contribution < 1.29 is 13.5 Å². The van der Waals surface area contributed by atoms with Crippen molar-refractivity contribution in [1.82, 2.24) is 14.0 Å². The summed E-state index contributed by atoms with van der Waals surface area (Å²) in [7, 11) is -0.123. The highest BCUT2D eigenvalue weighted by Crippen LogP contribution is 2.13. The number of nitrogens with zero attached hydrogens (tertiary/aromatic N) is 3. The summed E-state index contributed by atoms with van der Waals surface area (Å²) < 4.78 is 26.3. The molecule has 32 heavy (non-hydrogen) atoms. The summed E-state index contributed by atoms with van der Waals surface area (Å²) in [5.41, 5.74) is 0.343. The Kier molecular flexibility index (Phi) is 9.67. The molecule has 1 aromatic heterocycles. The van der Waals surface area contributed by atoms with Crippen molar-refractivity contribution >= 4 is 15.7 Å². The summed E-state index contributed by atoms with van der Waals surface area (Å²) in [6.45, 7) is 4.54. The van der Waals surface area contributed by atoms with Crippen LogP contribution in [0.15, 0.2) is 44.8 Å². The highest BCUT2D eigenvalue weighted by Gasteiger charge is 2.11. The number of nitrogens with one attached hydrogen (secondary N) is 1. The zero-order valence-corrected chi connectivity index (χ0v) is 19.9. The molecule has 9 nitrogen and oxygen atoms in total. The molecular formula is C22H34N4O5S. The molecule has 0 aliphatic heterocycles. The number of sulfone groups is 1. The number of hydrogen-bond acceptors (Lipinski definition) is 7. The molecule has 0 saturated carbocycles. The molecule has 2 N–H and O–H groups in total. The minimum Gasteiger partial charge on any atom is -0.396 e. The van der Waals surface area contributed by atoms with Crippen LogP contribution in [0, 0.1) is 0 Å². The van der Waals surface area contributed by atoms with E-state index in [1.54, 1.807) is 26.1 Å². The van der Waals surface area contributed by atoms with Crippen LogP contribution in [0.3, 0.4) is 0 Å². The SMILES string of the molecule is CCS(=O)(=O)c1ccc(CCCN(CCCO)CCNc2cc(=O)n(C)c(=O)n2C)cc1. The van der Waals surface area contributed by atoms with E-state index in [-0.39, 0.29) is 23.6 Å². The largest absolute Gasteiger partial charge is 0.396 e. The fourth-order valence-corrected chi connectivity index (χ4v) is 4.30. The molecule has 1 aromatic carbocycles. The van der Waals surface area contributed by atoms with Gasteiger partial charge in [0.25, 0.3) is 5.56 Å². The second-order valence-corrected chi connectivity index (χ2v) is 10.0. The monoisotopic (exact) mass is 466 g/mol. The van der Waals surface area contributed by atoms with E-state index in [4.69, 9.17) is 0 Å². The van der Waals surface area contributed by atoms with Crippen LogP contribution in [-0.4, -0.2) is 66.1 Å². The van der Waals surface area contributed by atoms with Crippen LogP contribution in [0.25, 0.3) is 0 Å². The van der Waals surface area contributed by atoms with Crippen molar-refractivity contribution in [3.8, 4) is 0 Å². The van der Waals surface area contributed by atoms with E-state index in [1.165, 1.54) is 17.7 Å². The highest BCUT2D eigenvalue weighted by molar-refractivity contribution is 7.91. The van der Waals surface area contributed by atoms with Crippen LogP contribution in [0.1, 0.15) is 25.3 Å². The van der Waals surface area contributed by atoms with Gasteiger partial charge in [0.15, 0.2) is 9.84 Å². The minimum absolute atomic E-state index is 0.0892. The Morgan fingerprint density at radius 2 is 1.66 bits per heavy atom. The van der Waals surface area contributed by atoms with Crippen LogP contribution in [0.2, 0.25) is 0 Å². The quantitative estimate of drug-likeness (QED) is 0.445. The van der Waals surface area contributed by atoms with Gasteiger partial charge in [-0.05, 0) is 43.5 Å². The Balaban J connectivity index is 1.89. The third-order valence-corrected chi connectivity index (χ3v) is 7.25. The first kappa shape index (κ1) is 25.8. The number of benzene rings is 1. The lowest BCUT2D eigenvalue weighted by Gasteiger charge is -2.23. The molecule has 0 spiro atoms. The fourth-order valence-electron chi connectivity index (χ4n) is 3.41. The maximum atomic E-state index is 12.0. The van der Waals surface area contributed by atoms with Crippen molar-refractivity contribution in [2.75, 3.05) is 43.9 Å². The Bertz CT molecular complexity index is 1090. The fraction of sp³-hybridized carbons (Fsp3) is 0.545. The molecule has 0 atom stereocenters. The van der Waals surface area contributed by atoms with Crippen LogP contribution < -0.4 is 16.6 Å². The van der Waals surface area contributed by atoms with Gasteiger partial charge in [-0.25, -0.2) is 13.2 Å². The van der Waals surface area contributed by atoms with Crippen LogP contribution in [0.4, 0.5) is 5.82 Å². The molecule has 2 rings (SSSR count). The summed E-state index contributed by atoms with van der Waals surface area (Å²) in [6.07, 6.45) is 2.36. The first-order chi connectivity index (χ1) is 15.2. The maximum Gasteiger partial charge on any atom is 0.332 e. The number of aromatic nitrogens is 2. The predicted molar refractivity (Wildman–Crippen MR) is 126 cm³/mol. The second kappa shape index (κ2) is 12.0. The van der Waals surface area contributed by atoms with Crippen molar-refractivity contribution in [3.63, 3.8) is 0 Å². The second-order valence-electron chi connectivity index (χ2n) is 7.76. The summed E-state index contributed by atoms with van der Waals surface area (Å²) >= 11 is 0. The highest BCUT2D eigenvalue weighted by atomic mass is 32.2. The van der Waals surface area contributed by atoms with Gasteiger partial charge in [0, 0.05) is 46.4 Å². The molecule has 0 amide bonds. The number of aliphatic hydroxyl groups excluding tert-OH is 1. The lowest BCUT2D eigenvalue weighted by molar-refractivity contribution is 0.227. The van der Waals surface area contributed by atoms with Crippen molar-refractivity contribution in [2.24, 2.45) is 14.1 Å². The molecule has 2 aromatic rings. The lowest BCUT2D eigenvalue weighted by atomic mass is 10.1. The molecule has 178 valence electrons. The van der Waals surface area contributed by atoms with Crippen molar-refractivity contribution in [3.05, 3.63) is 56.7 Å². The molecule has 0 fully saturated rings. The average molecular weight is 467 g/mol. The summed E-state index contributed by atoms with van der Waals surface area (Å²) in [4.78, 5) is 26.5. The third-order valence-electron chi connectivity index (χ3n) is 5.49. The molecule has 0 radical (unpaired) electrons. The van der Waals surface area contributed by atoms with Gasteiger partial charge in [-0.2, -0.15) is 0 Å². The first-order valence-electron chi connectivity index (χ1n) is 10.9. The maximum absolute atomic E-state index is 12.0. The third kappa shape index (κ3) is 7.04. The van der Waals surface area contributed by atoms with Gasteiger partial charge < -0.3 is 15.3 Å². The normalized spacial score (nSPS) is 11.8. The van der Waals surface area contributed by atoms with Crippen LogP contribution >= 0.6 is 0 Å². The van der Waals surface area contributed by atoms with E-state index in [9.17, 15) is 23.1 Å². The van der Waals surface area contributed by atoms with E-state index >= 15 is 0 Å². The smallest absolute Gasteiger partial charge is 0.332 e. The number of aliphatic hydroxyl groups is 1. The van der Waals surface area contributed by atoms with Gasteiger partial charge in [-0.1, -0.05) is 19.1 Å². The number of rotatable bonds is 13. The van der Waals surface area contributed by atoms with E-state index in [0.29, 0.717) is 30.2 Å². The molecule has 0 saturated heterocycles. The lowest BCUT2D eigenvalue weighted by Crippen LogP contribution is -2.38. The molecule has 0 aliphatic carbocycles. The van der Waals surface area contributed by atoms with E-state index in [1.807, 2.05) is 12.1 Å². The van der Waals surface area contributed by atoms with Gasteiger partial charge in [-0.15, -0.1) is 0 Å². The van der Waals surface area contributed by atoms with Gasteiger partial charge in [0.1, 0.15) is 5.82 Å². The zero-order valence-electron chi connectivity index (χ0n) is 19.1. The Hall–Kier alpha value is -2.43. The Morgan fingerprint density at radius 3 is 2.28 bits per heavy atom. The van der Waals surface area contributed by atoms with Gasteiger partial charge in [0.05, 0.1) is 10.6 Å². The topological polar surface area (TPSA) is 114 Å². The average Bonchev–Trinajstić information content (AvgIpc) is 2.79. The summed E-state index contributed by atoms with van der Waals surface area (Å²) in [5.74, 6) is 0.564. The molecule has 10 heteroatoms. The zero-order chi connectivity index (χ0) is 23.7. The van der Waals surface area contributed by atoms with Crippen LogP contribution in [-0.2, 0) is 30.4 Å². The van der Waals surface area contributed by atoms with E-state index in [2.05, 4.69) is 10.2 Å². The summed E-state index contributed by atoms with van der Waals surface area (Å²) in [6, 6.07) is 8.45. The minimum atomic E-state index is -3.18. The van der Waals surface area contributed by atoms with Crippen molar-refractivity contribution in [1.29, 1.82) is 0 Å². The van der Waals surface area contributed by atoms with E-state index < -0.39 is 9.84 Å². The molecule has 0 aliphatic rings. The van der Waals surface area contributed by atoms with Gasteiger partial charge in [0.2, 0.25) is 0 Å². The van der Waals surface area contributed by atoms with Crippen LogP contribution in [0.5, 0.6) is 0 Å².